The highest BCUT2D eigenvalue weighted by molar-refractivity contribution is 5.92. The molecule has 0 unspecified atom stereocenters. The quantitative estimate of drug-likeness (QED) is 0.0913. The van der Waals surface area contributed by atoms with Crippen LogP contribution in [0.2, 0.25) is 0 Å². The number of rotatable bonds is 9. The first-order valence-corrected chi connectivity index (χ1v) is 11.6. The third kappa shape index (κ3) is 8.83. The molecule has 1 aromatic carbocycles. The maximum Gasteiger partial charge on any atom is 0.341 e. The van der Waals surface area contributed by atoms with Gasteiger partial charge in [-0.15, -0.1) is 0 Å². The van der Waals surface area contributed by atoms with Crippen molar-refractivity contribution < 1.29 is 42.9 Å². The van der Waals surface area contributed by atoms with E-state index in [1.807, 2.05) is 6.92 Å². The smallest absolute Gasteiger partial charge is 0.341 e. The van der Waals surface area contributed by atoms with Gasteiger partial charge < -0.3 is 23.7 Å². The molecule has 1 aromatic rings. The first-order valence-electron chi connectivity index (χ1n) is 11.6. The van der Waals surface area contributed by atoms with E-state index in [9.17, 15) is 19.2 Å². The van der Waals surface area contributed by atoms with Crippen LogP contribution >= 0.6 is 0 Å². The number of nitrogens with zero attached hydrogens (tertiary/aromatic N) is 3. The van der Waals surface area contributed by atoms with Crippen molar-refractivity contribution in [2.24, 2.45) is 5.11 Å². The van der Waals surface area contributed by atoms with Crippen LogP contribution in [0.1, 0.15) is 62.9 Å². The van der Waals surface area contributed by atoms with Gasteiger partial charge in [0, 0.05) is 37.7 Å². The standard InChI is InChI=1S/C25H29N3O9/c1-5-6-7-8-11-18-12-9-10-13-19(18)24(32)37-25-21(27-28-26)23(35-17(4)31)22(34-16(3)30)20(36-25)14-33-15(2)29/h9-10,12-13,20-23,25H,5-7,14H2,1-4H3/t20-,21-,22-,23-,25+/m1/s1. The molecule has 198 valence electrons. The van der Waals surface area contributed by atoms with Gasteiger partial charge in [0.05, 0.1) is 5.56 Å². The van der Waals surface area contributed by atoms with Crippen molar-refractivity contribution >= 4 is 23.9 Å². The number of benzene rings is 1. The second-order valence-corrected chi connectivity index (χ2v) is 8.05. The fraction of sp³-hybridized carbons (Fsp3) is 0.520. The Morgan fingerprint density at radius 2 is 1.70 bits per heavy atom. The molecule has 0 bridgehead atoms. The molecule has 0 aliphatic carbocycles. The maximum absolute atomic E-state index is 13.2. The van der Waals surface area contributed by atoms with E-state index in [2.05, 4.69) is 21.9 Å². The van der Waals surface area contributed by atoms with Crippen LogP contribution in [0.25, 0.3) is 10.4 Å². The van der Waals surface area contributed by atoms with Crippen LogP contribution in [0.15, 0.2) is 29.4 Å². The number of hydrogen-bond donors (Lipinski definition) is 0. The van der Waals surface area contributed by atoms with E-state index in [-0.39, 0.29) is 5.56 Å². The summed E-state index contributed by atoms with van der Waals surface area (Å²) < 4.78 is 26.9. The van der Waals surface area contributed by atoms with Crippen molar-refractivity contribution in [1.82, 2.24) is 0 Å². The predicted molar refractivity (Wildman–Crippen MR) is 128 cm³/mol. The van der Waals surface area contributed by atoms with Gasteiger partial charge in [0.25, 0.3) is 0 Å². The van der Waals surface area contributed by atoms with E-state index in [1.165, 1.54) is 6.07 Å². The summed E-state index contributed by atoms with van der Waals surface area (Å²) in [7, 11) is 0. The SMILES string of the molecule is CCCCC#Cc1ccccc1C(=O)O[C@@H]1O[C@H](COC(C)=O)[C@@H](OC(C)=O)[C@H](OC(C)=O)[C@H]1N=[N+]=[N-]. The van der Waals surface area contributed by atoms with Gasteiger partial charge in [-0.2, -0.15) is 0 Å². The van der Waals surface area contributed by atoms with Gasteiger partial charge >= 0.3 is 23.9 Å². The van der Waals surface area contributed by atoms with E-state index >= 15 is 0 Å². The average Bonchev–Trinajstić information content (AvgIpc) is 2.84. The molecule has 0 saturated carbocycles. The Kier molecular flexibility index (Phi) is 11.4. The van der Waals surface area contributed by atoms with Gasteiger partial charge in [0.1, 0.15) is 18.8 Å². The summed E-state index contributed by atoms with van der Waals surface area (Å²) in [6, 6.07) is 5.08. The molecule has 0 N–H and O–H groups in total. The summed E-state index contributed by atoms with van der Waals surface area (Å²) >= 11 is 0. The fourth-order valence-corrected chi connectivity index (χ4v) is 3.53. The van der Waals surface area contributed by atoms with E-state index < -0.39 is 61.1 Å². The predicted octanol–water partition coefficient (Wildman–Crippen LogP) is 3.22. The summed E-state index contributed by atoms with van der Waals surface area (Å²) in [4.78, 5) is 50.9. The molecule has 0 spiro atoms. The fourth-order valence-electron chi connectivity index (χ4n) is 3.53. The highest BCUT2D eigenvalue weighted by Gasteiger charge is 2.51. The molecule has 1 saturated heterocycles. The van der Waals surface area contributed by atoms with E-state index in [4.69, 9.17) is 29.2 Å². The van der Waals surface area contributed by atoms with Crippen LogP contribution in [0.3, 0.4) is 0 Å². The summed E-state index contributed by atoms with van der Waals surface area (Å²) in [6.45, 7) is 4.98. The lowest BCUT2D eigenvalue weighted by Crippen LogP contribution is -2.61. The minimum Gasteiger partial charge on any atom is -0.463 e. The van der Waals surface area contributed by atoms with Crippen LogP contribution in [-0.2, 0) is 38.1 Å². The molecule has 12 heteroatoms. The summed E-state index contributed by atoms with van der Waals surface area (Å²) in [5, 5.41) is 3.60. The zero-order valence-electron chi connectivity index (χ0n) is 21.0. The largest absolute Gasteiger partial charge is 0.463 e. The average molecular weight is 516 g/mol. The third-order valence-corrected chi connectivity index (χ3v) is 5.10. The van der Waals surface area contributed by atoms with Gasteiger partial charge in [0.2, 0.25) is 6.29 Å². The molecule has 1 fully saturated rings. The molecule has 0 aromatic heterocycles. The van der Waals surface area contributed by atoms with E-state index in [1.54, 1.807) is 18.2 Å². The lowest BCUT2D eigenvalue weighted by molar-refractivity contribution is -0.259. The first-order chi connectivity index (χ1) is 17.7. The van der Waals surface area contributed by atoms with Crippen LogP contribution in [-0.4, -0.2) is 61.1 Å². The molecule has 37 heavy (non-hydrogen) atoms. The zero-order chi connectivity index (χ0) is 27.4. The molecule has 2 rings (SSSR count). The van der Waals surface area contributed by atoms with Crippen LogP contribution < -0.4 is 0 Å². The molecular weight excluding hydrogens is 486 g/mol. The van der Waals surface area contributed by atoms with Gasteiger partial charge in [-0.3, -0.25) is 14.4 Å². The lowest BCUT2D eigenvalue weighted by atomic mass is 9.96. The van der Waals surface area contributed by atoms with Crippen LogP contribution in [0.4, 0.5) is 0 Å². The topological polar surface area (TPSA) is 163 Å². The Balaban J connectivity index is 2.43. The number of unbranched alkanes of at least 4 members (excludes halogenated alkanes) is 2. The Hall–Kier alpha value is -4.07. The van der Waals surface area contributed by atoms with Crippen molar-refractivity contribution in [3.63, 3.8) is 0 Å². The Morgan fingerprint density at radius 3 is 2.32 bits per heavy atom. The van der Waals surface area contributed by atoms with E-state index in [0.717, 1.165) is 33.6 Å². The highest BCUT2D eigenvalue weighted by Crippen LogP contribution is 2.30. The normalized spacial score (nSPS) is 22.3. The molecule has 5 atom stereocenters. The van der Waals surface area contributed by atoms with Crippen molar-refractivity contribution in [2.75, 3.05) is 6.61 Å². The highest BCUT2D eigenvalue weighted by atomic mass is 16.7. The minimum atomic E-state index is -1.58. The molecule has 12 nitrogen and oxygen atoms in total. The van der Waals surface area contributed by atoms with Crippen LogP contribution in [0.5, 0.6) is 0 Å². The first kappa shape index (κ1) is 29.2. The number of carbonyl (C=O) groups is 4. The minimum absolute atomic E-state index is 0.137. The molecule has 1 aliphatic heterocycles. The van der Waals surface area contributed by atoms with Gasteiger partial charge in [0.15, 0.2) is 12.2 Å². The Labute approximate surface area is 214 Å². The van der Waals surface area contributed by atoms with Crippen molar-refractivity contribution in [1.29, 1.82) is 0 Å². The number of ether oxygens (including phenoxy) is 5. The van der Waals surface area contributed by atoms with Gasteiger partial charge in [-0.1, -0.05) is 42.4 Å². The van der Waals surface area contributed by atoms with Gasteiger partial charge in [-0.05, 0) is 24.1 Å². The van der Waals surface area contributed by atoms with E-state index in [0.29, 0.717) is 12.0 Å². The Bertz CT molecular complexity index is 1100. The summed E-state index contributed by atoms with van der Waals surface area (Å²) in [5.41, 5.74) is 9.72. The molecular formula is C25H29N3O9. The number of hydrogen-bond acceptors (Lipinski definition) is 10. The maximum atomic E-state index is 13.2. The van der Waals surface area contributed by atoms with Gasteiger partial charge in [-0.25, -0.2) is 4.79 Å². The molecule has 1 aliphatic rings. The second-order valence-electron chi connectivity index (χ2n) is 8.05. The number of azide groups is 1. The monoisotopic (exact) mass is 515 g/mol. The summed E-state index contributed by atoms with van der Waals surface area (Å²) in [6.07, 6.45) is -3.00. The lowest BCUT2D eigenvalue weighted by Gasteiger charge is -2.42. The van der Waals surface area contributed by atoms with Crippen LogP contribution in [0, 0.1) is 11.8 Å². The molecule has 0 radical (unpaired) electrons. The number of esters is 4. The van der Waals surface area contributed by atoms with Crippen molar-refractivity contribution in [3.05, 3.63) is 45.8 Å². The zero-order valence-corrected chi connectivity index (χ0v) is 21.0. The molecule has 1 heterocycles. The third-order valence-electron chi connectivity index (χ3n) is 5.10. The van der Waals surface area contributed by atoms with Crippen molar-refractivity contribution in [2.45, 2.75) is 77.6 Å². The second kappa shape index (κ2) is 14.5. The summed E-state index contributed by atoms with van der Waals surface area (Å²) in [5.74, 6) is 2.91. The number of carbonyl (C=O) groups excluding carboxylic acids is 4. The Morgan fingerprint density at radius 1 is 1.03 bits per heavy atom. The van der Waals surface area contributed by atoms with Crippen molar-refractivity contribution in [3.8, 4) is 11.8 Å². The molecule has 0 amide bonds.